The summed E-state index contributed by atoms with van der Waals surface area (Å²) >= 11 is 0. The maximum Gasteiger partial charge on any atom is 0.408 e. The SMILES string of the molecule is CC(C)CC(=O)[C@H](CCCNC(=O)OC1CC(C)(C)N(O)C(C)(C)C1)NC(=O)[C@@H](CC(=O)[C@@H]1CCCN1C(=O)[C@H](/C=C/[C@@H](C)CC(C)C)Cc1ccccc1)C(C)C.CC(C)C[C@@H](/C=C/[C@H](Cc1ccccc1)C(=O)N1CCC[C@@H]1C(=O)N[C@@H](CCCCNC(=O)OC1CC(C)(C)N(O)C(C)(C)C1)C(=O)OC1CCCCC1)NC(=O)OC(C)(C)C. The van der Waals surface area contributed by atoms with Crippen molar-refractivity contribution >= 4 is 59.4 Å². The molecule has 7 amide bonds. The number of nitrogens with one attached hydrogen (secondary N) is 5. The maximum atomic E-state index is 14.5. The lowest BCUT2D eigenvalue weighted by molar-refractivity contribution is -0.256. The van der Waals surface area contributed by atoms with Crippen LogP contribution in [0.15, 0.2) is 85.0 Å². The zero-order chi connectivity index (χ0) is 89.0. The summed E-state index contributed by atoms with van der Waals surface area (Å²) in [5, 5.41) is 38.4. The van der Waals surface area contributed by atoms with Crippen molar-refractivity contribution in [2.45, 2.75) is 369 Å². The Hall–Kier alpha value is -7.74. The third kappa shape index (κ3) is 33.5. The Morgan fingerprint density at radius 3 is 1.43 bits per heavy atom. The van der Waals surface area contributed by atoms with E-state index in [4.69, 9.17) is 18.9 Å². The molecule has 2 aromatic carbocycles. The van der Waals surface area contributed by atoms with Gasteiger partial charge in [0.15, 0.2) is 11.6 Å². The number of unbranched alkanes of at least 4 members (excludes halogenated alkanes) is 1. The molecule has 0 unspecified atom stereocenters. The molecule has 5 aliphatic rings. The lowest BCUT2D eigenvalue weighted by Crippen LogP contribution is -2.61. The van der Waals surface area contributed by atoms with Crippen LogP contribution >= 0.6 is 0 Å². The molecule has 1 saturated carbocycles. The third-order valence-electron chi connectivity index (χ3n) is 23.7. The number of hydroxylamine groups is 4. The summed E-state index contributed by atoms with van der Waals surface area (Å²) in [6, 6.07) is 16.2. The number of likely N-dealkylation sites (tertiary alicyclic amines) is 2. The van der Waals surface area contributed by atoms with Gasteiger partial charge in [-0.05, 0) is 226 Å². The second kappa shape index (κ2) is 47.2. The number of rotatable bonds is 39. The summed E-state index contributed by atoms with van der Waals surface area (Å²) in [5.41, 5.74) is -0.869. The van der Waals surface area contributed by atoms with Gasteiger partial charge in [0.05, 0.1) is 30.0 Å². The van der Waals surface area contributed by atoms with E-state index in [1.54, 1.807) is 9.80 Å². The largest absolute Gasteiger partial charge is 0.461 e. The van der Waals surface area contributed by atoms with Gasteiger partial charge in [-0.3, -0.25) is 28.8 Å². The number of piperidine rings is 2. The number of esters is 1. The van der Waals surface area contributed by atoms with Crippen molar-refractivity contribution < 1.29 is 77.3 Å². The number of hydrogen-bond acceptors (Lipinski definition) is 18. The fourth-order valence-electron chi connectivity index (χ4n) is 18.0. The predicted octanol–water partition coefficient (Wildman–Crippen LogP) is 16.3. The number of allylic oxidation sites excluding steroid dienone is 1. The van der Waals surface area contributed by atoms with E-state index in [-0.39, 0.29) is 90.8 Å². The van der Waals surface area contributed by atoms with E-state index < -0.39 is 99.8 Å². The molecule has 120 heavy (non-hydrogen) atoms. The summed E-state index contributed by atoms with van der Waals surface area (Å²) in [4.78, 5) is 140. The number of carbonyl (C=O) groups is 10. The molecule has 4 heterocycles. The molecule has 0 spiro atoms. The quantitative estimate of drug-likeness (QED) is 0.0141. The summed E-state index contributed by atoms with van der Waals surface area (Å²) in [6.07, 6.45) is 19.3. The molecule has 7 N–H and O–H groups in total. The van der Waals surface area contributed by atoms with E-state index in [2.05, 4.69) is 67.3 Å². The summed E-state index contributed by atoms with van der Waals surface area (Å²) in [6.45, 7) is 40.6. The molecule has 674 valence electrons. The van der Waals surface area contributed by atoms with Crippen molar-refractivity contribution in [2.75, 3.05) is 26.2 Å². The van der Waals surface area contributed by atoms with Crippen LogP contribution in [0.2, 0.25) is 0 Å². The van der Waals surface area contributed by atoms with Crippen LogP contribution in [-0.4, -0.2) is 192 Å². The second-order valence-corrected chi connectivity index (χ2v) is 39.9. The van der Waals surface area contributed by atoms with Crippen LogP contribution in [0.1, 0.15) is 291 Å². The van der Waals surface area contributed by atoms with Gasteiger partial charge in [0.25, 0.3) is 0 Å². The van der Waals surface area contributed by atoms with Crippen molar-refractivity contribution in [2.24, 2.45) is 47.3 Å². The van der Waals surface area contributed by atoms with Gasteiger partial charge in [0, 0.05) is 92.8 Å². The van der Waals surface area contributed by atoms with E-state index in [9.17, 15) is 58.4 Å². The van der Waals surface area contributed by atoms with E-state index in [1.165, 1.54) is 10.1 Å². The highest BCUT2D eigenvalue weighted by molar-refractivity contribution is 5.96. The third-order valence-corrected chi connectivity index (χ3v) is 23.7. The Morgan fingerprint density at radius 1 is 0.492 bits per heavy atom. The van der Waals surface area contributed by atoms with Crippen LogP contribution in [0.3, 0.4) is 0 Å². The average molecular weight is 1680 g/mol. The van der Waals surface area contributed by atoms with Gasteiger partial charge in [-0.2, -0.15) is 10.1 Å². The second-order valence-electron chi connectivity index (χ2n) is 39.9. The Balaban J connectivity index is 0.000000373. The van der Waals surface area contributed by atoms with Crippen LogP contribution < -0.4 is 26.6 Å². The molecule has 5 fully saturated rings. The first-order valence-electron chi connectivity index (χ1n) is 45.0. The lowest BCUT2D eigenvalue weighted by Gasteiger charge is -2.50. The van der Waals surface area contributed by atoms with Crippen molar-refractivity contribution in [3.8, 4) is 0 Å². The number of hydrogen-bond donors (Lipinski definition) is 7. The monoisotopic (exact) mass is 1680 g/mol. The van der Waals surface area contributed by atoms with Crippen LogP contribution in [0.25, 0.3) is 0 Å². The first kappa shape index (κ1) is 101. The molecule has 1 aliphatic carbocycles. The first-order chi connectivity index (χ1) is 56.2. The fourth-order valence-corrected chi connectivity index (χ4v) is 18.0. The van der Waals surface area contributed by atoms with Crippen molar-refractivity contribution in [3.63, 3.8) is 0 Å². The molecule has 2 aromatic rings. The molecule has 4 aliphatic heterocycles. The number of alkyl carbamates (subject to hydrolysis) is 3. The number of benzene rings is 2. The highest BCUT2D eigenvalue weighted by Gasteiger charge is 2.49. The fraction of sp³-hybridized carbons (Fsp3) is 0.726. The zero-order valence-corrected chi connectivity index (χ0v) is 76.5. The highest BCUT2D eigenvalue weighted by atomic mass is 16.6. The molecule has 25 nitrogen and oxygen atoms in total. The Morgan fingerprint density at radius 2 is 0.958 bits per heavy atom. The standard InChI is InChI=1S/C48H77N5O9.C47H76N4O7/c1-33(2)29-36(50-45(58)62-46(3,4)5)26-25-35(30-34-19-12-10-13-20-34)42(55)52-28-18-24-40(52)41(54)51-39(43(56)60-37-21-14-11-15-22-37)23-16-17-27-49-44(57)61-38-31-47(6,7)53(59)48(8,9)32-38;1-31(2)25-34(7)21-22-36(27-35-17-13-12-14-18-35)44(55)50-24-16-20-40(50)42(53)28-38(33(5)6)43(54)49-39(41(52)26-32(3)4)19-15-23-48-45(56)58-37-29-46(8,9)51(57)47(10,11)30-37/h10,12-13,19-20,25-26,33,35-40,59H,11,14-18,21-24,27-32H2,1-9H3,(H,49,57)(H,50,58)(H,51,54);12-14,17-18,21-22,31-34,36-40,57H,15-16,19-20,23-30H2,1-11H3,(H,48,56)(H,49,54)/b26-25+;22-21+/t35-,36-,39+,40-;34-,36-,38+,39+,40+/m11/s1. The van der Waals surface area contributed by atoms with Crippen LogP contribution in [0.4, 0.5) is 14.4 Å². The van der Waals surface area contributed by atoms with Gasteiger partial charge in [0.1, 0.15) is 36.0 Å². The molecule has 9 atom stereocenters. The molecule has 7 rings (SSSR count). The number of carbonyl (C=O) groups excluding carboxylic acids is 10. The van der Waals surface area contributed by atoms with E-state index in [0.29, 0.717) is 128 Å². The Labute approximate surface area is 718 Å². The minimum Gasteiger partial charge on any atom is -0.461 e. The molecule has 0 aromatic heterocycles. The summed E-state index contributed by atoms with van der Waals surface area (Å²) in [7, 11) is 0. The van der Waals surface area contributed by atoms with Gasteiger partial charge in [0.2, 0.25) is 23.6 Å². The Bertz CT molecular complexity index is 3620. The molecular formula is C95H153N9O16. The van der Waals surface area contributed by atoms with Gasteiger partial charge in [-0.1, -0.05) is 154 Å². The van der Waals surface area contributed by atoms with Crippen LogP contribution in [0, 0.1) is 47.3 Å². The van der Waals surface area contributed by atoms with Crippen LogP contribution in [-0.2, 0) is 65.4 Å². The number of amides is 7. The number of nitrogens with zero attached hydrogens (tertiary/aromatic N) is 4. The molecule has 4 saturated heterocycles. The van der Waals surface area contributed by atoms with Gasteiger partial charge in [-0.15, -0.1) is 0 Å². The minimum atomic E-state index is -0.919. The lowest BCUT2D eigenvalue weighted by atomic mass is 9.80. The van der Waals surface area contributed by atoms with Gasteiger partial charge >= 0.3 is 24.2 Å². The normalized spacial score (nSPS) is 20.9. The molecule has 0 radical (unpaired) electrons. The first-order valence-corrected chi connectivity index (χ1v) is 45.0. The zero-order valence-electron chi connectivity index (χ0n) is 76.5. The van der Waals surface area contributed by atoms with Gasteiger partial charge < -0.3 is 65.7 Å². The molecule has 25 heteroatoms. The Kier molecular flexibility index (Phi) is 39.8. The van der Waals surface area contributed by atoms with E-state index >= 15 is 0 Å². The number of ether oxygens (including phenoxy) is 4. The smallest absolute Gasteiger partial charge is 0.408 e. The highest BCUT2D eigenvalue weighted by Crippen LogP contribution is 2.40. The molecular weight excluding hydrogens is 1520 g/mol. The predicted molar refractivity (Wildman–Crippen MR) is 467 cm³/mol. The minimum absolute atomic E-state index is 0.0239. The number of ketones is 2. The molecule has 0 bridgehead atoms. The van der Waals surface area contributed by atoms with Gasteiger partial charge in [-0.25, -0.2) is 19.2 Å². The topological polar surface area (TPSA) is 321 Å². The maximum absolute atomic E-state index is 14.5. The van der Waals surface area contributed by atoms with E-state index in [0.717, 1.165) is 56.1 Å². The van der Waals surface area contributed by atoms with Crippen LogP contribution in [0.5, 0.6) is 0 Å². The van der Waals surface area contributed by atoms with Crippen molar-refractivity contribution in [1.82, 2.24) is 46.5 Å². The van der Waals surface area contributed by atoms with Crippen molar-refractivity contribution in [3.05, 3.63) is 96.1 Å². The van der Waals surface area contributed by atoms with Crippen molar-refractivity contribution in [1.29, 1.82) is 0 Å². The summed E-state index contributed by atoms with van der Waals surface area (Å²) in [5.74, 6) is -2.38. The number of Topliss-reactive ketones (excluding diaryl/α,β-unsaturated/α-hetero) is 2. The average Bonchev–Trinajstić information content (AvgIpc) is 1.03. The van der Waals surface area contributed by atoms with E-state index in [1.807, 2.05) is 183 Å². The summed E-state index contributed by atoms with van der Waals surface area (Å²) < 4.78 is 23.0.